The Morgan fingerprint density at radius 1 is 1.35 bits per heavy atom. The highest BCUT2D eigenvalue weighted by molar-refractivity contribution is 9.10. The van der Waals surface area contributed by atoms with E-state index in [1.165, 1.54) is 0 Å². The number of halogens is 1. The van der Waals surface area contributed by atoms with E-state index in [-0.39, 0.29) is 5.41 Å². The first-order chi connectivity index (χ1) is 9.25. The second kappa shape index (κ2) is 5.98. The largest absolute Gasteiger partial charge is 0.367 e. The fourth-order valence-electron chi connectivity index (χ4n) is 2.46. The smallest absolute Gasteiger partial charge is 0.137 e. The van der Waals surface area contributed by atoms with Crippen LogP contribution in [0.25, 0.3) is 0 Å². The third kappa shape index (κ3) is 3.92. The Hall–Kier alpha value is -0.680. The lowest BCUT2D eigenvalue weighted by Crippen LogP contribution is -2.42. The van der Waals surface area contributed by atoms with Crippen LogP contribution in [0.3, 0.4) is 0 Å². The maximum Gasteiger partial charge on any atom is 0.137 e. The molecular weight excluding hydrogens is 316 g/mol. The quantitative estimate of drug-likeness (QED) is 0.837. The number of anilines is 1. The third-order valence-electron chi connectivity index (χ3n) is 3.93. The zero-order chi connectivity index (χ0) is 14.9. The van der Waals surface area contributed by atoms with Crippen molar-refractivity contribution in [2.24, 2.45) is 0 Å². The van der Waals surface area contributed by atoms with Crippen LogP contribution in [-0.4, -0.2) is 40.5 Å². The van der Waals surface area contributed by atoms with E-state index in [0.29, 0.717) is 12.1 Å². The molecule has 2 heterocycles. The Kier molecular flexibility index (Phi) is 4.69. The summed E-state index contributed by atoms with van der Waals surface area (Å²) in [5, 5.41) is 3.58. The molecule has 4 nitrogen and oxygen atoms in total. The summed E-state index contributed by atoms with van der Waals surface area (Å²) in [5.41, 5.74) is -0.0414. The van der Waals surface area contributed by atoms with Gasteiger partial charge in [-0.1, -0.05) is 20.8 Å². The first kappa shape index (κ1) is 15.7. The van der Waals surface area contributed by atoms with Gasteiger partial charge >= 0.3 is 0 Å². The molecule has 0 aliphatic carbocycles. The number of nitrogens with one attached hydrogen (secondary N) is 1. The van der Waals surface area contributed by atoms with Crippen LogP contribution in [0.4, 0.5) is 5.82 Å². The number of hydrogen-bond donors (Lipinski definition) is 1. The molecule has 112 valence electrons. The van der Waals surface area contributed by atoms with Crippen LogP contribution in [0.15, 0.2) is 10.7 Å². The van der Waals surface area contributed by atoms with Crippen molar-refractivity contribution in [3.8, 4) is 0 Å². The van der Waals surface area contributed by atoms with Crippen molar-refractivity contribution in [1.82, 2.24) is 14.9 Å². The van der Waals surface area contributed by atoms with Gasteiger partial charge in [-0.05, 0) is 42.7 Å². The molecule has 1 aromatic heterocycles. The molecule has 1 N–H and O–H groups in total. The van der Waals surface area contributed by atoms with E-state index in [0.717, 1.165) is 35.6 Å². The zero-order valence-electron chi connectivity index (χ0n) is 13.1. The van der Waals surface area contributed by atoms with Gasteiger partial charge in [0.25, 0.3) is 0 Å². The van der Waals surface area contributed by atoms with E-state index < -0.39 is 0 Å². The van der Waals surface area contributed by atoms with Gasteiger partial charge in [0.1, 0.15) is 16.2 Å². The molecule has 2 rings (SSSR count). The van der Waals surface area contributed by atoms with Crippen LogP contribution < -0.4 is 5.32 Å². The highest BCUT2D eigenvalue weighted by Gasteiger charge is 2.24. The molecular formula is C15H25BrN4. The van der Waals surface area contributed by atoms with E-state index >= 15 is 0 Å². The minimum Gasteiger partial charge on any atom is -0.367 e. The van der Waals surface area contributed by atoms with Gasteiger partial charge in [-0.25, -0.2) is 9.97 Å². The summed E-state index contributed by atoms with van der Waals surface area (Å²) in [6.07, 6.45) is 2.32. The number of rotatable bonds is 2. The normalized spacial score (nSPS) is 24.7. The van der Waals surface area contributed by atoms with Gasteiger partial charge in [-0.15, -0.1) is 0 Å². The molecule has 1 aliphatic heterocycles. The Bertz CT molecular complexity index is 469. The fraction of sp³-hybridized carbons (Fsp3) is 0.733. The van der Waals surface area contributed by atoms with E-state index in [9.17, 15) is 0 Å². The summed E-state index contributed by atoms with van der Waals surface area (Å²) >= 11 is 3.49. The second-order valence-electron chi connectivity index (χ2n) is 6.84. The summed E-state index contributed by atoms with van der Waals surface area (Å²) in [6.45, 7) is 9.82. The molecule has 2 atom stereocenters. The molecule has 1 saturated heterocycles. The molecule has 1 aromatic rings. The first-order valence-corrected chi connectivity index (χ1v) is 8.07. The highest BCUT2D eigenvalue weighted by Crippen LogP contribution is 2.24. The monoisotopic (exact) mass is 340 g/mol. The molecule has 20 heavy (non-hydrogen) atoms. The first-order valence-electron chi connectivity index (χ1n) is 7.27. The van der Waals surface area contributed by atoms with Crippen LogP contribution in [0.1, 0.15) is 46.4 Å². The predicted octanol–water partition coefficient (Wildman–Crippen LogP) is 3.43. The number of hydrogen-bond acceptors (Lipinski definition) is 4. The molecule has 0 saturated carbocycles. The minimum atomic E-state index is -0.0414. The number of nitrogens with zero attached hydrogens (tertiary/aromatic N) is 3. The zero-order valence-corrected chi connectivity index (χ0v) is 14.7. The highest BCUT2D eigenvalue weighted by atomic mass is 79.9. The van der Waals surface area contributed by atoms with Gasteiger partial charge < -0.3 is 10.2 Å². The van der Waals surface area contributed by atoms with Gasteiger partial charge in [0, 0.05) is 30.1 Å². The van der Waals surface area contributed by atoms with Crippen molar-refractivity contribution < 1.29 is 0 Å². The van der Waals surface area contributed by atoms with Gasteiger partial charge in [0.05, 0.1) is 0 Å². The molecule has 1 fully saturated rings. The Morgan fingerprint density at radius 3 is 2.65 bits per heavy atom. The lowest BCUT2D eigenvalue weighted by atomic mass is 9.96. The van der Waals surface area contributed by atoms with Crippen molar-refractivity contribution in [3.05, 3.63) is 16.5 Å². The van der Waals surface area contributed by atoms with Crippen LogP contribution in [0.2, 0.25) is 0 Å². The summed E-state index contributed by atoms with van der Waals surface area (Å²) < 4.78 is 0.848. The van der Waals surface area contributed by atoms with Crippen LogP contribution in [-0.2, 0) is 5.41 Å². The SMILES string of the molecule is CC1CC(Nc2cc(Br)nc(C(C)(C)C)n2)CCN1C. The lowest BCUT2D eigenvalue weighted by molar-refractivity contribution is 0.190. The molecule has 0 radical (unpaired) electrons. The van der Waals surface area contributed by atoms with E-state index in [1.54, 1.807) is 0 Å². The average molecular weight is 341 g/mol. The van der Waals surface area contributed by atoms with Crippen molar-refractivity contribution in [3.63, 3.8) is 0 Å². The van der Waals surface area contributed by atoms with E-state index in [1.807, 2.05) is 6.07 Å². The van der Waals surface area contributed by atoms with Crippen LogP contribution >= 0.6 is 15.9 Å². The van der Waals surface area contributed by atoms with E-state index in [2.05, 4.69) is 70.9 Å². The van der Waals surface area contributed by atoms with Crippen molar-refractivity contribution in [2.45, 2.75) is 58.0 Å². The molecule has 0 bridgehead atoms. The predicted molar refractivity (Wildman–Crippen MR) is 87.2 cm³/mol. The maximum absolute atomic E-state index is 4.68. The molecule has 0 aromatic carbocycles. The van der Waals surface area contributed by atoms with Crippen LogP contribution in [0.5, 0.6) is 0 Å². The Labute approximate surface area is 130 Å². The fourth-order valence-corrected chi connectivity index (χ4v) is 2.84. The summed E-state index contributed by atoms with van der Waals surface area (Å²) in [7, 11) is 2.19. The van der Waals surface area contributed by atoms with Gasteiger partial charge in [-0.2, -0.15) is 0 Å². The number of likely N-dealkylation sites (tertiary alicyclic amines) is 1. The molecule has 0 spiro atoms. The lowest BCUT2D eigenvalue weighted by Gasteiger charge is -2.35. The Morgan fingerprint density at radius 2 is 2.05 bits per heavy atom. The van der Waals surface area contributed by atoms with Crippen LogP contribution in [0, 0.1) is 0 Å². The Balaban J connectivity index is 2.12. The van der Waals surface area contributed by atoms with Crippen molar-refractivity contribution >= 4 is 21.7 Å². The molecule has 5 heteroatoms. The number of aromatic nitrogens is 2. The van der Waals surface area contributed by atoms with Crippen molar-refractivity contribution in [1.29, 1.82) is 0 Å². The molecule has 0 amide bonds. The molecule has 1 aliphatic rings. The second-order valence-corrected chi connectivity index (χ2v) is 7.66. The minimum absolute atomic E-state index is 0.0414. The summed E-state index contributed by atoms with van der Waals surface area (Å²) in [5.74, 6) is 1.80. The number of piperidine rings is 1. The van der Waals surface area contributed by atoms with Crippen molar-refractivity contribution in [2.75, 3.05) is 18.9 Å². The molecule has 2 unspecified atom stereocenters. The summed E-state index contributed by atoms with van der Waals surface area (Å²) in [4.78, 5) is 11.6. The standard InChI is InChI=1S/C15H25BrN4/c1-10-8-11(6-7-20(10)5)17-13-9-12(16)18-14(19-13)15(2,3)4/h9-11H,6-8H2,1-5H3,(H,17,18,19). The maximum atomic E-state index is 4.68. The summed E-state index contributed by atoms with van der Waals surface area (Å²) in [6, 6.07) is 3.09. The third-order valence-corrected chi connectivity index (χ3v) is 4.33. The van der Waals surface area contributed by atoms with Gasteiger partial charge in [0.15, 0.2) is 0 Å². The topological polar surface area (TPSA) is 41.1 Å². The van der Waals surface area contributed by atoms with Gasteiger partial charge in [-0.3, -0.25) is 0 Å². The van der Waals surface area contributed by atoms with E-state index in [4.69, 9.17) is 0 Å². The average Bonchev–Trinajstić information content (AvgIpc) is 2.32. The van der Waals surface area contributed by atoms with Gasteiger partial charge in [0.2, 0.25) is 0 Å².